The number of nitro benzene ring substituents is 1. The Morgan fingerprint density at radius 3 is 2.41 bits per heavy atom. The van der Waals surface area contributed by atoms with E-state index < -0.39 is 11.5 Å². The third-order valence-electron chi connectivity index (χ3n) is 4.21. The number of ether oxygens (including phenoxy) is 1. The molecular weight excluding hydrogens is 362 g/mol. The summed E-state index contributed by atoms with van der Waals surface area (Å²) >= 11 is 0. The first kappa shape index (κ1) is 18.5. The summed E-state index contributed by atoms with van der Waals surface area (Å²) in [5, 5.41) is 10.9. The van der Waals surface area contributed by atoms with Crippen LogP contribution >= 0.6 is 0 Å². The Morgan fingerprint density at radius 1 is 1.15 bits per heavy atom. The molecule has 1 saturated heterocycles. The van der Waals surface area contributed by atoms with Crippen LogP contribution in [0.25, 0.3) is 0 Å². The summed E-state index contributed by atoms with van der Waals surface area (Å²) in [4.78, 5) is 30.0. The van der Waals surface area contributed by atoms with Crippen molar-refractivity contribution in [2.45, 2.75) is 6.61 Å². The molecule has 0 bridgehead atoms. The lowest BCUT2D eigenvalue weighted by molar-refractivity contribution is -0.385. The maximum Gasteiger partial charge on any atom is 0.387 e. The molecule has 0 aliphatic carbocycles. The predicted molar refractivity (Wildman–Crippen MR) is 92.1 cm³/mol. The molecule has 1 amide bonds. The van der Waals surface area contributed by atoms with Gasteiger partial charge in [0.05, 0.1) is 16.7 Å². The van der Waals surface area contributed by atoms with Gasteiger partial charge in [-0.1, -0.05) is 0 Å². The van der Waals surface area contributed by atoms with E-state index in [0.717, 1.165) is 6.07 Å². The van der Waals surface area contributed by atoms with E-state index >= 15 is 0 Å². The van der Waals surface area contributed by atoms with E-state index in [1.807, 2.05) is 0 Å². The van der Waals surface area contributed by atoms with E-state index in [4.69, 9.17) is 0 Å². The molecule has 0 radical (unpaired) electrons. The molecule has 142 valence electrons. The molecule has 0 saturated carbocycles. The van der Waals surface area contributed by atoms with Crippen LogP contribution in [0.3, 0.4) is 0 Å². The third kappa shape index (κ3) is 4.27. The number of hydrogen-bond acceptors (Lipinski definition) is 6. The summed E-state index contributed by atoms with van der Waals surface area (Å²) in [6.45, 7) is -1.57. The number of halogens is 2. The maximum absolute atomic E-state index is 12.7. The molecular formula is C17H16F2N4O4. The number of alkyl halides is 2. The van der Waals surface area contributed by atoms with Crippen molar-refractivity contribution in [3.63, 3.8) is 0 Å². The number of carbonyl (C=O) groups excluding carboxylic acids is 1. The molecule has 0 spiro atoms. The monoisotopic (exact) mass is 378 g/mol. The normalized spacial score (nSPS) is 14.3. The lowest BCUT2D eigenvalue weighted by atomic mass is 10.2. The fourth-order valence-corrected chi connectivity index (χ4v) is 2.90. The Kier molecular flexibility index (Phi) is 5.43. The highest BCUT2D eigenvalue weighted by Gasteiger charge is 2.25. The van der Waals surface area contributed by atoms with Gasteiger partial charge in [0.15, 0.2) is 5.75 Å². The number of nitrogens with zero attached hydrogens (tertiary/aromatic N) is 4. The molecule has 1 aromatic carbocycles. The summed E-state index contributed by atoms with van der Waals surface area (Å²) in [6, 6.07) is 6.85. The number of non-ortho nitro benzene ring substituents is 1. The average Bonchev–Trinajstić information content (AvgIpc) is 2.68. The first-order valence-electron chi connectivity index (χ1n) is 8.13. The lowest BCUT2D eigenvalue weighted by Gasteiger charge is -2.36. The van der Waals surface area contributed by atoms with Gasteiger partial charge in [0.2, 0.25) is 0 Å². The van der Waals surface area contributed by atoms with Gasteiger partial charge in [0.25, 0.3) is 11.6 Å². The number of carbonyl (C=O) groups is 1. The van der Waals surface area contributed by atoms with Crippen LogP contribution in [0.15, 0.2) is 42.7 Å². The summed E-state index contributed by atoms with van der Waals surface area (Å²) in [6.07, 6.45) is 3.07. The number of anilines is 1. The first-order valence-corrected chi connectivity index (χ1v) is 8.13. The van der Waals surface area contributed by atoms with E-state index in [2.05, 4.69) is 9.72 Å². The van der Waals surface area contributed by atoms with Crippen molar-refractivity contribution in [1.29, 1.82) is 0 Å². The number of pyridine rings is 1. The smallest absolute Gasteiger partial charge is 0.387 e. The number of hydrogen-bond donors (Lipinski definition) is 0. The third-order valence-corrected chi connectivity index (χ3v) is 4.21. The molecule has 8 nitrogen and oxygen atoms in total. The fraction of sp³-hybridized carbons (Fsp3) is 0.294. The van der Waals surface area contributed by atoms with Crippen LogP contribution in [-0.4, -0.2) is 53.5 Å². The molecule has 0 atom stereocenters. The Morgan fingerprint density at radius 2 is 1.81 bits per heavy atom. The molecule has 3 rings (SSSR count). The Bertz CT molecular complexity index is 827. The molecule has 2 aromatic rings. The molecule has 2 heterocycles. The first-order chi connectivity index (χ1) is 13.0. The highest BCUT2D eigenvalue weighted by Crippen LogP contribution is 2.34. The molecule has 1 aliphatic rings. The number of rotatable bonds is 5. The van der Waals surface area contributed by atoms with E-state index in [0.29, 0.717) is 37.4 Å². The summed E-state index contributed by atoms with van der Waals surface area (Å²) in [5.41, 5.74) is 0.522. The van der Waals surface area contributed by atoms with E-state index in [9.17, 15) is 23.7 Å². The Labute approximate surface area is 153 Å². The number of nitro groups is 1. The van der Waals surface area contributed by atoms with Crippen LogP contribution < -0.4 is 9.64 Å². The van der Waals surface area contributed by atoms with Crippen molar-refractivity contribution in [2.75, 3.05) is 31.1 Å². The summed E-state index contributed by atoms with van der Waals surface area (Å²) in [5.74, 6) is -0.391. The molecule has 1 fully saturated rings. The van der Waals surface area contributed by atoms with Crippen LogP contribution in [0.2, 0.25) is 0 Å². The molecule has 1 aliphatic heterocycles. The van der Waals surface area contributed by atoms with Gasteiger partial charge in [-0.05, 0) is 18.2 Å². The quantitative estimate of drug-likeness (QED) is 0.587. The molecule has 1 aromatic heterocycles. The zero-order valence-corrected chi connectivity index (χ0v) is 14.1. The fourth-order valence-electron chi connectivity index (χ4n) is 2.90. The van der Waals surface area contributed by atoms with Crippen LogP contribution in [0.4, 0.5) is 20.2 Å². The van der Waals surface area contributed by atoms with Gasteiger partial charge < -0.3 is 14.5 Å². The van der Waals surface area contributed by atoms with Crippen molar-refractivity contribution in [2.24, 2.45) is 0 Å². The SMILES string of the molecule is O=C(c1ccncc1)N1CCN(c2ccc([N+](=O)[O-])cc2OC(F)F)CC1. The molecule has 0 N–H and O–H groups in total. The van der Waals surface area contributed by atoms with Crippen LogP contribution in [0.5, 0.6) is 5.75 Å². The van der Waals surface area contributed by atoms with Crippen molar-refractivity contribution < 1.29 is 23.2 Å². The molecule has 27 heavy (non-hydrogen) atoms. The molecule has 0 unspecified atom stereocenters. The zero-order valence-electron chi connectivity index (χ0n) is 14.1. The van der Waals surface area contributed by atoms with Gasteiger partial charge in [-0.15, -0.1) is 0 Å². The summed E-state index contributed by atoms with van der Waals surface area (Å²) < 4.78 is 29.8. The topological polar surface area (TPSA) is 88.8 Å². The van der Waals surface area contributed by atoms with Crippen molar-refractivity contribution in [1.82, 2.24) is 9.88 Å². The minimum absolute atomic E-state index is 0.134. The number of amides is 1. The van der Waals surface area contributed by atoms with Crippen LogP contribution in [-0.2, 0) is 0 Å². The van der Waals surface area contributed by atoms with Crippen molar-refractivity contribution in [3.8, 4) is 5.75 Å². The second-order valence-corrected chi connectivity index (χ2v) is 5.80. The Hall–Kier alpha value is -3.30. The average molecular weight is 378 g/mol. The second-order valence-electron chi connectivity index (χ2n) is 5.80. The summed E-state index contributed by atoms with van der Waals surface area (Å²) in [7, 11) is 0. The van der Waals surface area contributed by atoms with Gasteiger partial charge in [-0.3, -0.25) is 19.9 Å². The van der Waals surface area contributed by atoms with Crippen molar-refractivity contribution in [3.05, 3.63) is 58.4 Å². The van der Waals surface area contributed by atoms with Gasteiger partial charge in [0, 0.05) is 50.2 Å². The standard InChI is InChI=1S/C17H16F2N4O4/c18-17(19)27-15-11-13(23(25)26)1-2-14(15)21-7-9-22(10-8-21)16(24)12-3-5-20-6-4-12/h1-6,11,17H,7-10H2. The van der Waals surface area contributed by atoms with Crippen LogP contribution in [0, 0.1) is 10.1 Å². The lowest BCUT2D eigenvalue weighted by Crippen LogP contribution is -2.48. The number of piperazine rings is 1. The van der Waals surface area contributed by atoms with Gasteiger partial charge >= 0.3 is 6.61 Å². The zero-order chi connectivity index (χ0) is 19.4. The number of benzene rings is 1. The van der Waals surface area contributed by atoms with E-state index in [-0.39, 0.29) is 17.3 Å². The van der Waals surface area contributed by atoms with E-state index in [1.165, 1.54) is 24.5 Å². The van der Waals surface area contributed by atoms with Gasteiger partial charge in [-0.25, -0.2) is 0 Å². The van der Waals surface area contributed by atoms with Gasteiger partial charge in [-0.2, -0.15) is 8.78 Å². The maximum atomic E-state index is 12.7. The van der Waals surface area contributed by atoms with Gasteiger partial charge in [0.1, 0.15) is 0 Å². The van der Waals surface area contributed by atoms with E-state index in [1.54, 1.807) is 21.9 Å². The second kappa shape index (κ2) is 7.94. The van der Waals surface area contributed by atoms with Crippen molar-refractivity contribution >= 4 is 17.3 Å². The minimum Gasteiger partial charge on any atom is -0.432 e. The largest absolute Gasteiger partial charge is 0.432 e. The highest BCUT2D eigenvalue weighted by atomic mass is 19.3. The predicted octanol–water partition coefficient (Wildman–Crippen LogP) is 2.55. The van der Waals surface area contributed by atoms with Crippen LogP contribution in [0.1, 0.15) is 10.4 Å². The number of aromatic nitrogens is 1. The molecule has 10 heteroatoms. The Balaban J connectivity index is 1.73. The highest BCUT2D eigenvalue weighted by molar-refractivity contribution is 5.94. The minimum atomic E-state index is -3.10.